The smallest absolute Gasteiger partial charge is 0.407 e. The first-order chi connectivity index (χ1) is 9.15. The highest BCUT2D eigenvalue weighted by Crippen LogP contribution is 2.32. The summed E-state index contributed by atoms with van der Waals surface area (Å²) in [5, 5.41) is 9.81. The van der Waals surface area contributed by atoms with E-state index >= 15 is 0 Å². The van der Waals surface area contributed by atoms with Crippen molar-refractivity contribution in [2.45, 2.75) is 32.0 Å². The zero-order chi connectivity index (χ0) is 13.4. The zero-order valence-corrected chi connectivity index (χ0v) is 11.4. The Morgan fingerprint density at radius 2 is 2.00 bits per heavy atom. The van der Waals surface area contributed by atoms with Crippen molar-refractivity contribution in [1.82, 2.24) is 9.80 Å². The molecule has 0 saturated carbocycles. The van der Waals surface area contributed by atoms with E-state index in [-0.39, 0.29) is 0 Å². The summed E-state index contributed by atoms with van der Waals surface area (Å²) in [6.07, 6.45) is 1.03. The molecule has 1 aromatic carbocycles. The number of rotatable bonds is 1. The summed E-state index contributed by atoms with van der Waals surface area (Å²) < 4.78 is 0. The van der Waals surface area contributed by atoms with Gasteiger partial charge in [-0.2, -0.15) is 0 Å². The lowest BCUT2D eigenvalue weighted by molar-refractivity contribution is 0.0938. The first kappa shape index (κ1) is 12.8. The van der Waals surface area contributed by atoms with Crippen LogP contribution in [0.1, 0.15) is 24.0 Å². The van der Waals surface area contributed by atoms with Gasteiger partial charge < -0.3 is 10.0 Å². The van der Waals surface area contributed by atoms with Crippen molar-refractivity contribution < 1.29 is 9.90 Å². The molecule has 4 nitrogen and oxygen atoms in total. The molecule has 102 valence electrons. The number of likely N-dealkylation sites (tertiary alicyclic amines) is 1. The third kappa shape index (κ3) is 2.42. The predicted molar refractivity (Wildman–Crippen MR) is 73.3 cm³/mol. The monoisotopic (exact) mass is 280 g/mol. The quantitative estimate of drug-likeness (QED) is 0.860. The van der Waals surface area contributed by atoms with Gasteiger partial charge >= 0.3 is 6.09 Å². The van der Waals surface area contributed by atoms with Crippen LogP contribution in [0.3, 0.4) is 0 Å². The third-order valence-corrected chi connectivity index (χ3v) is 4.56. The lowest BCUT2D eigenvalue weighted by Crippen LogP contribution is -2.44. The maximum atomic E-state index is 10.9. The Labute approximate surface area is 117 Å². The van der Waals surface area contributed by atoms with Gasteiger partial charge in [0.25, 0.3) is 0 Å². The molecular weight excluding hydrogens is 264 g/mol. The topological polar surface area (TPSA) is 43.8 Å². The number of carboxylic acid groups (broad SMARTS) is 1. The summed E-state index contributed by atoms with van der Waals surface area (Å²) in [4.78, 5) is 14.8. The van der Waals surface area contributed by atoms with Crippen molar-refractivity contribution in [3.05, 3.63) is 34.3 Å². The van der Waals surface area contributed by atoms with Crippen LogP contribution in [0.25, 0.3) is 0 Å². The number of nitrogens with zero attached hydrogens (tertiary/aromatic N) is 2. The molecule has 0 radical (unpaired) electrons. The number of hydrogen-bond acceptors (Lipinski definition) is 2. The fraction of sp³-hybridized carbons (Fsp3) is 0.500. The number of carbonyl (C=O) groups is 1. The third-order valence-electron chi connectivity index (χ3n) is 4.20. The molecule has 3 rings (SSSR count). The van der Waals surface area contributed by atoms with Crippen molar-refractivity contribution in [3.63, 3.8) is 0 Å². The summed E-state index contributed by atoms with van der Waals surface area (Å²) in [6.45, 7) is 3.11. The van der Waals surface area contributed by atoms with Crippen molar-refractivity contribution >= 4 is 17.7 Å². The molecule has 2 aliphatic heterocycles. The Kier molecular flexibility index (Phi) is 3.37. The largest absolute Gasteiger partial charge is 0.465 e. The molecule has 19 heavy (non-hydrogen) atoms. The molecule has 1 N–H and O–H groups in total. The molecule has 1 saturated heterocycles. The second kappa shape index (κ2) is 5.02. The summed E-state index contributed by atoms with van der Waals surface area (Å²) in [5.74, 6) is 0. The Morgan fingerprint density at radius 3 is 2.63 bits per heavy atom. The minimum atomic E-state index is -0.800. The van der Waals surface area contributed by atoms with E-state index in [9.17, 15) is 4.79 Å². The van der Waals surface area contributed by atoms with Crippen molar-refractivity contribution in [1.29, 1.82) is 0 Å². The van der Waals surface area contributed by atoms with Crippen LogP contribution in [-0.4, -0.2) is 40.1 Å². The van der Waals surface area contributed by atoms with E-state index in [2.05, 4.69) is 11.0 Å². The van der Waals surface area contributed by atoms with E-state index in [1.807, 2.05) is 12.1 Å². The van der Waals surface area contributed by atoms with Gasteiger partial charge in [0.15, 0.2) is 0 Å². The van der Waals surface area contributed by atoms with Gasteiger partial charge in [-0.15, -0.1) is 0 Å². The molecule has 0 spiro atoms. The second-order valence-corrected chi connectivity index (χ2v) is 5.69. The molecule has 0 atom stereocenters. The van der Waals surface area contributed by atoms with Gasteiger partial charge in [0, 0.05) is 37.2 Å². The fourth-order valence-electron chi connectivity index (χ4n) is 3.09. The summed E-state index contributed by atoms with van der Waals surface area (Å²) >= 11 is 6.23. The minimum absolute atomic E-state index is 0.471. The van der Waals surface area contributed by atoms with Crippen molar-refractivity contribution in [2.75, 3.05) is 13.1 Å². The van der Waals surface area contributed by atoms with Crippen molar-refractivity contribution in [3.8, 4) is 0 Å². The van der Waals surface area contributed by atoms with Crippen LogP contribution in [0.15, 0.2) is 18.2 Å². The highest BCUT2D eigenvalue weighted by Gasteiger charge is 2.30. The van der Waals surface area contributed by atoms with Gasteiger partial charge in [-0.1, -0.05) is 23.7 Å². The van der Waals surface area contributed by atoms with Gasteiger partial charge in [0.1, 0.15) is 0 Å². The Morgan fingerprint density at radius 1 is 1.26 bits per heavy atom. The molecular formula is C14H17ClN2O2. The Hall–Kier alpha value is -1.26. The normalized spacial score (nSPS) is 20.6. The van der Waals surface area contributed by atoms with E-state index < -0.39 is 6.09 Å². The molecule has 5 heteroatoms. The summed E-state index contributed by atoms with van der Waals surface area (Å²) in [5.41, 5.74) is 2.55. The van der Waals surface area contributed by atoms with Crippen molar-refractivity contribution in [2.24, 2.45) is 0 Å². The molecule has 2 aliphatic rings. The molecule has 0 aliphatic carbocycles. The lowest BCUT2D eigenvalue weighted by Gasteiger charge is -2.35. The molecule has 0 unspecified atom stereocenters. The average molecular weight is 281 g/mol. The van der Waals surface area contributed by atoms with Crippen LogP contribution in [-0.2, 0) is 13.1 Å². The van der Waals surface area contributed by atoms with Crippen LogP contribution in [0, 0.1) is 0 Å². The lowest BCUT2D eigenvalue weighted by atomic mass is 10.0. The van der Waals surface area contributed by atoms with Crippen LogP contribution in [0.2, 0.25) is 5.02 Å². The Balaban J connectivity index is 1.65. The van der Waals surface area contributed by atoms with Gasteiger partial charge in [0.2, 0.25) is 0 Å². The number of halogens is 1. The van der Waals surface area contributed by atoms with E-state index in [4.69, 9.17) is 16.7 Å². The van der Waals surface area contributed by atoms with Gasteiger partial charge in [-0.3, -0.25) is 4.90 Å². The van der Waals surface area contributed by atoms with Crippen LogP contribution < -0.4 is 0 Å². The molecule has 1 amide bonds. The number of piperidine rings is 1. The van der Waals surface area contributed by atoms with E-state index in [1.165, 1.54) is 16.0 Å². The Bertz CT molecular complexity index is 498. The summed E-state index contributed by atoms with van der Waals surface area (Å²) in [7, 11) is 0. The highest BCUT2D eigenvalue weighted by molar-refractivity contribution is 6.31. The SMILES string of the molecule is O=C(O)N1CCC(N2Cc3cccc(Cl)c3C2)CC1. The maximum absolute atomic E-state index is 10.9. The van der Waals surface area contributed by atoms with Crippen LogP contribution in [0.5, 0.6) is 0 Å². The first-order valence-corrected chi connectivity index (χ1v) is 7.01. The molecule has 0 aromatic heterocycles. The van der Waals surface area contributed by atoms with E-state index in [0.29, 0.717) is 19.1 Å². The highest BCUT2D eigenvalue weighted by atomic mass is 35.5. The molecule has 1 aromatic rings. The number of amides is 1. The number of fused-ring (bicyclic) bond motifs is 1. The van der Waals surface area contributed by atoms with Crippen LogP contribution in [0.4, 0.5) is 4.79 Å². The zero-order valence-electron chi connectivity index (χ0n) is 10.7. The number of hydrogen-bond donors (Lipinski definition) is 1. The van der Waals surface area contributed by atoms with E-state index in [0.717, 1.165) is 31.0 Å². The minimum Gasteiger partial charge on any atom is -0.465 e. The first-order valence-electron chi connectivity index (χ1n) is 6.63. The second-order valence-electron chi connectivity index (χ2n) is 5.28. The van der Waals surface area contributed by atoms with Gasteiger partial charge in [-0.25, -0.2) is 4.79 Å². The molecule has 1 fully saturated rings. The average Bonchev–Trinajstić information content (AvgIpc) is 2.84. The maximum Gasteiger partial charge on any atom is 0.407 e. The van der Waals surface area contributed by atoms with E-state index in [1.54, 1.807) is 0 Å². The summed E-state index contributed by atoms with van der Waals surface area (Å²) in [6, 6.07) is 6.54. The van der Waals surface area contributed by atoms with Gasteiger partial charge in [0.05, 0.1) is 0 Å². The predicted octanol–water partition coefficient (Wildman–Crippen LogP) is 2.80. The molecule has 2 heterocycles. The standard InChI is InChI=1S/C14H17ClN2O2/c15-13-3-1-2-10-8-17(9-12(10)13)11-4-6-16(7-5-11)14(18)19/h1-3,11H,4-9H2,(H,18,19). The fourth-order valence-corrected chi connectivity index (χ4v) is 3.34. The van der Waals surface area contributed by atoms with Gasteiger partial charge in [-0.05, 0) is 30.0 Å². The van der Waals surface area contributed by atoms with Crippen LogP contribution >= 0.6 is 11.6 Å². The number of benzene rings is 1. The molecule has 0 bridgehead atoms.